The lowest BCUT2D eigenvalue weighted by Crippen LogP contribution is -2.03. The second-order valence-electron chi connectivity index (χ2n) is 3.28. The molecule has 0 saturated heterocycles. The van der Waals surface area contributed by atoms with Crippen molar-refractivity contribution in [3.05, 3.63) is 59.9 Å². The Morgan fingerprint density at radius 1 is 1.19 bits per heavy atom. The van der Waals surface area contributed by atoms with Gasteiger partial charge in [0.25, 0.3) is 0 Å². The summed E-state index contributed by atoms with van der Waals surface area (Å²) >= 11 is 0. The first-order valence-electron chi connectivity index (χ1n) is 4.91. The van der Waals surface area contributed by atoms with Crippen LogP contribution in [0.4, 0.5) is 0 Å². The highest BCUT2D eigenvalue weighted by Crippen LogP contribution is 2.13. The van der Waals surface area contributed by atoms with E-state index in [9.17, 15) is 4.79 Å². The molecule has 0 fully saturated rings. The van der Waals surface area contributed by atoms with Crippen LogP contribution in [0.15, 0.2) is 48.7 Å². The molecule has 0 N–H and O–H groups in total. The Balaban J connectivity index is 2.34. The third kappa shape index (κ3) is 2.08. The number of aromatic nitrogens is 1. The maximum atomic E-state index is 12.0. The van der Waals surface area contributed by atoms with Gasteiger partial charge in [0.2, 0.25) is 5.78 Å². The Hall–Kier alpha value is -2.16. The van der Waals surface area contributed by atoms with Crippen molar-refractivity contribution < 1.29 is 9.53 Å². The molecule has 16 heavy (non-hydrogen) atoms. The van der Waals surface area contributed by atoms with Crippen molar-refractivity contribution in [2.75, 3.05) is 7.11 Å². The average Bonchev–Trinajstić information content (AvgIpc) is 2.39. The summed E-state index contributed by atoms with van der Waals surface area (Å²) in [6.45, 7) is 0. The smallest absolute Gasteiger partial charge is 0.211 e. The number of methoxy groups -OCH3 is 1. The topological polar surface area (TPSA) is 39.2 Å². The Kier molecular flexibility index (Phi) is 2.96. The monoisotopic (exact) mass is 213 g/mol. The zero-order chi connectivity index (χ0) is 11.4. The molecule has 0 spiro atoms. The van der Waals surface area contributed by atoms with Gasteiger partial charge in [-0.25, -0.2) is 0 Å². The van der Waals surface area contributed by atoms with Gasteiger partial charge in [0.1, 0.15) is 11.4 Å². The number of rotatable bonds is 3. The Morgan fingerprint density at radius 2 is 1.94 bits per heavy atom. The lowest BCUT2D eigenvalue weighted by atomic mass is 10.1. The molecule has 2 rings (SSSR count). The Labute approximate surface area is 93.7 Å². The van der Waals surface area contributed by atoms with E-state index in [0.29, 0.717) is 17.0 Å². The number of nitrogens with zero attached hydrogens (tertiary/aromatic N) is 1. The van der Waals surface area contributed by atoms with Crippen molar-refractivity contribution in [1.29, 1.82) is 0 Å². The molecule has 3 heteroatoms. The van der Waals surface area contributed by atoms with E-state index in [2.05, 4.69) is 4.98 Å². The first-order valence-corrected chi connectivity index (χ1v) is 4.91. The van der Waals surface area contributed by atoms with E-state index in [1.807, 2.05) is 18.2 Å². The van der Waals surface area contributed by atoms with Crippen molar-refractivity contribution in [1.82, 2.24) is 4.98 Å². The second-order valence-corrected chi connectivity index (χ2v) is 3.28. The number of pyridine rings is 1. The van der Waals surface area contributed by atoms with Gasteiger partial charge in [-0.2, -0.15) is 0 Å². The summed E-state index contributed by atoms with van der Waals surface area (Å²) in [6, 6.07) is 12.4. The van der Waals surface area contributed by atoms with Gasteiger partial charge in [-0.15, -0.1) is 0 Å². The highest BCUT2D eigenvalue weighted by atomic mass is 16.5. The third-order valence-corrected chi connectivity index (χ3v) is 2.24. The molecule has 0 aliphatic carbocycles. The van der Waals surface area contributed by atoms with E-state index in [-0.39, 0.29) is 5.78 Å². The van der Waals surface area contributed by atoms with Gasteiger partial charge < -0.3 is 4.74 Å². The first-order chi connectivity index (χ1) is 7.81. The van der Waals surface area contributed by atoms with Crippen LogP contribution >= 0.6 is 0 Å². The molecule has 80 valence electrons. The molecular formula is C13H11NO2. The Bertz CT molecular complexity index is 494. The van der Waals surface area contributed by atoms with Crippen LogP contribution in [-0.4, -0.2) is 17.9 Å². The number of hydrogen-bond donors (Lipinski definition) is 0. The van der Waals surface area contributed by atoms with Gasteiger partial charge >= 0.3 is 0 Å². The van der Waals surface area contributed by atoms with Crippen LogP contribution in [0.1, 0.15) is 16.1 Å². The molecule has 3 nitrogen and oxygen atoms in total. The van der Waals surface area contributed by atoms with E-state index in [1.165, 1.54) is 0 Å². The van der Waals surface area contributed by atoms with Gasteiger partial charge in [-0.1, -0.05) is 30.3 Å². The van der Waals surface area contributed by atoms with Crippen LogP contribution in [0.3, 0.4) is 0 Å². The normalized spacial score (nSPS) is 9.81. The lowest BCUT2D eigenvalue weighted by molar-refractivity contribution is 0.103. The minimum atomic E-state index is -0.0977. The number of carbonyl (C=O) groups excluding carboxylic acids is 1. The molecule has 1 aromatic carbocycles. The second kappa shape index (κ2) is 4.57. The van der Waals surface area contributed by atoms with Crippen molar-refractivity contribution in [3.8, 4) is 5.75 Å². The van der Waals surface area contributed by atoms with E-state index in [4.69, 9.17) is 4.74 Å². The van der Waals surface area contributed by atoms with Gasteiger partial charge in [-0.05, 0) is 6.07 Å². The molecule has 0 unspecified atom stereocenters. The van der Waals surface area contributed by atoms with Crippen LogP contribution in [0, 0.1) is 0 Å². The van der Waals surface area contributed by atoms with Crippen molar-refractivity contribution in [2.45, 2.75) is 0 Å². The SMILES string of the molecule is COc1ccnc(C(=O)c2ccccc2)c1. The Morgan fingerprint density at radius 3 is 2.62 bits per heavy atom. The van der Waals surface area contributed by atoms with E-state index in [0.717, 1.165) is 0 Å². The zero-order valence-corrected chi connectivity index (χ0v) is 8.88. The minimum Gasteiger partial charge on any atom is -0.497 e. The van der Waals surface area contributed by atoms with Gasteiger partial charge in [0.05, 0.1) is 7.11 Å². The average molecular weight is 213 g/mol. The van der Waals surface area contributed by atoms with Gasteiger partial charge in [-0.3, -0.25) is 9.78 Å². The summed E-state index contributed by atoms with van der Waals surface area (Å²) in [5.74, 6) is 0.536. The van der Waals surface area contributed by atoms with Crippen molar-refractivity contribution >= 4 is 5.78 Å². The molecule has 1 heterocycles. The summed E-state index contributed by atoms with van der Waals surface area (Å²) in [6.07, 6.45) is 1.56. The van der Waals surface area contributed by atoms with Gasteiger partial charge in [0, 0.05) is 17.8 Å². The fourth-order valence-electron chi connectivity index (χ4n) is 1.40. The third-order valence-electron chi connectivity index (χ3n) is 2.24. The molecular weight excluding hydrogens is 202 g/mol. The molecule has 2 aromatic rings. The molecule has 0 aliphatic heterocycles. The number of ether oxygens (including phenoxy) is 1. The largest absolute Gasteiger partial charge is 0.497 e. The quantitative estimate of drug-likeness (QED) is 0.734. The van der Waals surface area contributed by atoms with Crippen LogP contribution < -0.4 is 4.74 Å². The summed E-state index contributed by atoms with van der Waals surface area (Å²) in [4.78, 5) is 16.0. The maximum Gasteiger partial charge on any atom is 0.211 e. The molecule has 0 radical (unpaired) electrons. The molecule has 0 aliphatic rings. The maximum absolute atomic E-state index is 12.0. The minimum absolute atomic E-state index is 0.0977. The predicted molar refractivity (Wildman–Crippen MR) is 60.7 cm³/mol. The van der Waals surface area contributed by atoms with E-state index >= 15 is 0 Å². The van der Waals surface area contributed by atoms with E-state index < -0.39 is 0 Å². The van der Waals surface area contributed by atoms with Crippen molar-refractivity contribution in [3.63, 3.8) is 0 Å². The lowest BCUT2D eigenvalue weighted by Gasteiger charge is -2.02. The standard InChI is InChI=1S/C13H11NO2/c1-16-11-7-8-14-12(9-11)13(15)10-5-3-2-4-6-10/h2-9H,1H3. The molecule has 0 atom stereocenters. The van der Waals surface area contributed by atoms with Gasteiger partial charge in [0.15, 0.2) is 0 Å². The summed E-state index contributed by atoms with van der Waals surface area (Å²) in [5, 5.41) is 0. The molecule has 1 aromatic heterocycles. The number of benzene rings is 1. The van der Waals surface area contributed by atoms with E-state index in [1.54, 1.807) is 37.6 Å². The molecule has 0 amide bonds. The van der Waals surface area contributed by atoms with Crippen LogP contribution in [0.25, 0.3) is 0 Å². The van der Waals surface area contributed by atoms with Crippen LogP contribution in [0.2, 0.25) is 0 Å². The van der Waals surface area contributed by atoms with Crippen LogP contribution in [0.5, 0.6) is 5.75 Å². The highest BCUT2D eigenvalue weighted by molar-refractivity contribution is 6.07. The number of hydrogen-bond acceptors (Lipinski definition) is 3. The fourth-order valence-corrected chi connectivity index (χ4v) is 1.40. The highest BCUT2D eigenvalue weighted by Gasteiger charge is 2.10. The van der Waals surface area contributed by atoms with Crippen molar-refractivity contribution in [2.24, 2.45) is 0 Å². The summed E-state index contributed by atoms with van der Waals surface area (Å²) in [7, 11) is 1.56. The predicted octanol–water partition coefficient (Wildman–Crippen LogP) is 2.32. The number of carbonyl (C=O) groups is 1. The fraction of sp³-hybridized carbons (Fsp3) is 0.0769. The summed E-state index contributed by atoms with van der Waals surface area (Å²) < 4.78 is 5.05. The summed E-state index contributed by atoms with van der Waals surface area (Å²) in [5.41, 5.74) is 1.02. The first kappa shape index (κ1) is 10.4. The zero-order valence-electron chi connectivity index (χ0n) is 8.88. The molecule has 0 bridgehead atoms. The molecule has 0 saturated carbocycles. The number of ketones is 1. The van der Waals surface area contributed by atoms with Crippen LogP contribution in [-0.2, 0) is 0 Å².